The fraction of sp³-hybridized carbons (Fsp3) is 0. The first-order valence-corrected chi connectivity index (χ1v) is 7.96. The summed E-state index contributed by atoms with van der Waals surface area (Å²) in [5.74, 6) is -2.26. The summed E-state index contributed by atoms with van der Waals surface area (Å²) in [6.07, 6.45) is 0. The molecule has 29 heavy (non-hydrogen) atoms. The Labute approximate surface area is 197 Å². The van der Waals surface area contributed by atoms with E-state index in [1.54, 1.807) is 36.4 Å². The Morgan fingerprint density at radius 2 is 0.828 bits per heavy atom. The van der Waals surface area contributed by atoms with E-state index >= 15 is 0 Å². The van der Waals surface area contributed by atoms with E-state index in [1.165, 1.54) is 0 Å². The third-order valence-electron chi connectivity index (χ3n) is 4.02. The van der Waals surface area contributed by atoms with E-state index in [0.29, 0.717) is 0 Å². The number of carboxylic acids is 2. The van der Waals surface area contributed by atoms with E-state index in [2.05, 4.69) is 0 Å². The standard InChI is InChI=1S/2C11H8O2.Ca.2H2O/c2*12-11(13)10-7-3-5-8-4-1-2-6-9(8)10;;;/h2*1-7H,(H,12,13);;2*1H2/q;;+2;;/p-2. The Morgan fingerprint density at radius 3 is 1.17 bits per heavy atom. The molecule has 4 aromatic rings. The maximum atomic E-state index is 10.7. The molecule has 0 aliphatic carbocycles. The number of fused-ring (bicyclic) bond motifs is 2. The molecule has 4 aromatic carbocycles. The number of rotatable bonds is 2. The molecule has 6 nitrogen and oxygen atoms in total. The van der Waals surface area contributed by atoms with Gasteiger partial charge in [0.2, 0.25) is 0 Å². The molecule has 0 aromatic heterocycles. The first kappa shape index (κ1) is 26.5. The Bertz CT molecular complexity index is 1010. The first-order chi connectivity index (χ1) is 12.6. The molecule has 0 bridgehead atoms. The second-order valence-corrected chi connectivity index (χ2v) is 5.63. The van der Waals surface area contributed by atoms with Crippen LogP contribution in [-0.4, -0.2) is 60.6 Å². The van der Waals surface area contributed by atoms with Crippen molar-refractivity contribution in [1.82, 2.24) is 0 Å². The van der Waals surface area contributed by atoms with Gasteiger partial charge in [-0.25, -0.2) is 0 Å². The van der Waals surface area contributed by atoms with Crippen LogP contribution in [0.5, 0.6) is 0 Å². The summed E-state index contributed by atoms with van der Waals surface area (Å²) < 4.78 is 0. The molecule has 0 saturated carbocycles. The fourth-order valence-corrected chi connectivity index (χ4v) is 2.81. The van der Waals surface area contributed by atoms with Gasteiger partial charge in [-0.15, -0.1) is 0 Å². The Kier molecular flexibility index (Phi) is 11.1. The Hall–Kier alpha value is -2.48. The Morgan fingerprint density at radius 1 is 0.517 bits per heavy atom. The predicted octanol–water partition coefficient (Wildman–Crippen LogP) is 0.376. The molecule has 0 atom stereocenters. The van der Waals surface area contributed by atoms with Gasteiger partial charge in [0, 0.05) is 11.1 Å². The zero-order valence-corrected chi connectivity index (χ0v) is 17.6. The molecule has 0 fully saturated rings. The van der Waals surface area contributed by atoms with E-state index in [-0.39, 0.29) is 59.8 Å². The number of carboxylic acid groups (broad SMARTS) is 2. The van der Waals surface area contributed by atoms with Crippen LogP contribution in [-0.2, 0) is 0 Å². The summed E-state index contributed by atoms with van der Waals surface area (Å²) >= 11 is 0. The average Bonchev–Trinajstić information content (AvgIpc) is 2.67. The summed E-state index contributed by atoms with van der Waals surface area (Å²) in [5.41, 5.74) is 0.496. The van der Waals surface area contributed by atoms with Gasteiger partial charge >= 0.3 is 37.7 Å². The normalized spacial score (nSPS) is 9.10. The molecule has 0 aliphatic heterocycles. The minimum absolute atomic E-state index is 0. The van der Waals surface area contributed by atoms with Crippen molar-refractivity contribution >= 4 is 71.2 Å². The molecule has 0 spiro atoms. The van der Waals surface area contributed by atoms with Crippen molar-refractivity contribution in [3.63, 3.8) is 0 Å². The van der Waals surface area contributed by atoms with Crippen molar-refractivity contribution in [3.8, 4) is 0 Å². The van der Waals surface area contributed by atoms with Gasteiger partial charge in [-0.2, -0.15) is 0 Å². The van der Waals surface area contributed by atoms with Crippen molar-refractivity contribution in [2.75, 3.05) is 0 Å². The molecule has 0 amide bonds. The van der Waals surface area contributed by atoms with Crippen molar-refractivity contribution in [2.45, 2.75) is 0 Å². The molecule has 4 N–H and O–H groups in total. The number of hydrogen-bond donors (Lipinski definition) is 0. The zero-order valence-electron chi connectivity index (χ0n) is 15.4. The predicted molar refractivity (Wildman–Crippen MR) is 110 cm³/mol. The van der Waals surface area contributed by atoms with Crippen LogP contribution in [0.3, 0.4) is 0 Å². The van der Waals surface area contributed by atoms with Crippen LogP contribution in [0.25, 0.3) is 21.5 Å². The van der Waals surface area contributed by atoms with Crippen molar-refractivity contribution in [2.24, 2.45) is 0 Å². The van der Waals surface area contributed by atoms with Gasteiger partial charge in [-0.05, 0) is 21.5 Å². The third-order valence-corrected chi connectivity index (χ3v) is 4.02. The van der Waals surface area contributed by atoms with Gasteiger partial charge < -0.3 is 30.8 Å². The maximum Gasteiger partial charge on any atom is 2.00 e. The summed E-state index contributed by atoms with van der Waals surface area (Å²) in [6, 6.07) is 25.0. The van der Waals surface area contributed by atoms with Crippen LogP contribution in [0.1, 0.15) is 20.7 Å². The number of carbonyl (C=O) groups excluding carboxylic acids is 2. The molecule has 0 unspecified atom stereocenters. The van der Waals surface area contributed by atoms with Crippen LogP contribution in [0.15, 0.2) is 84.9 Å². The number of hydrogen-bond acceptors (Lipinski definition) is 4. The van der Waals surface area contributed by atoms with Gasteiger partial charge in [-0.3, -0.25) is 0 Å². The SMILES string of the molecule is O.O.O=C([O-])c1cccc2ccccc12.O=C([O-])c1cccc2ccccc12.[Ca+2]. The van der Waals surface area contributed by atoms with Gasteiger partial charge in [-0.1, -0.05) is 84.9 Å². The van der Waals surface area contributed by atoms with Gasteiger partial charge in [0.1, 0.15) is 0 Å². The summed E-state index contributed by atoms with van der Waals surface area (Å²) in [6.45, 7) is 0. The van der Waals surface area contributed by atoms with Crippen LogP contribution >= 0.6 is 0 Å². The average molecular weight is 418 g/mol. The molecule has 7 heteroatoms. The summed E-state index contributed by atoms with van der Waals surface area (Å²) in [4.78, 5) is 21.4. The maximum absolute atomic E-state index is 10.7. The minimum atomic E-state index is -1.13. The van der Waals surface area contributed by atoms with Crippen LogP contribution in [0, 0.1) is 0 Å². The monoisotopic (exact) mass is 418 g/mol. The molecule has 0 heterocycles. The number of benzene rings is 4. The van der Waals surface area contributed by atoms with E-state index in [4.69, 9.17) is 0 Å². The molecule has 144 valence electrons. The largest absolute Gasteiger partial charge is 2.00 e. The van der Waals surface area contributed by atoms with Gasteiger partial charge in [0.15, 0.2) is 0 Å². The quantitative estimate of drug-likeness (QED) is 0.433. The van der Waals surface area contributed by atoms with Gasteiger partial charge in [0.25, 0.3) is 0 Å². The minimum Gasteiger partial charge on any atom is -0.545 e. The second kappa shape index (κ2) is 12.2. The van der Waals surface area contributed by atoms with E-state index < -0.39 is 11.9 Å². The van der Waals surface area contributed by atoms with Gasteiger partial charge in [0.05, 0.1) is 11.9 Å². The van der Waals surface area contributed by atoms with Crippen molar-refractivity contribution < 1.29 is 30.8 Å². The van der Waals surface area contributed by atoms with Crippen molar-refractivity contribution in [1.29, 1.82) is 0 Å². The smallest absolute Gasteiger partial charge is 0.545 e. The third kappa shape index (κ3) is 6.25. The molecular weight excluding hydrogens is 400 g/mol. The number of carbonyl (C=O) groups is 2. The number of aromatic carboxylic acids is 2. The first-order valence-electron chi connectivity index (χ1n) is 7.96. The fourth-order valence-electron chi connectivity index (χ4n) is 2.81. The van der Waals surface area contributed by atoms with Crippen LogP contribution < -0.4 is 10.2 Å². The van der Waals surface area contributed by atoms with E-state index in [0.717, 1.165) is 21.5 Å². The molecule has 0 saturated heterocycles. The van der Waals surface area contributed by atoms with Crippen LogP contribution in [0.2, 0.25) is 0 Å². The summed E-state index contributed by atoms with van der Waals surface area (Å²) in [7, 11) is 0. The van der Waals surface area contributed by atoms with E-state index in [1.807, 2.05) is 48.5 Å². The molecule has 0 aliphatic rings. The van der Waals surface area contributed by atoms with Crippen molar-refractivity contribution in [3.05, 3.63) is 96.1 Å². The molecular formula is C22H18CaO6. The topological polar surface area (TPSA) is 143 Å². The molecule has 4 rings (SSSR count). The van der Waals surface area contributed by atoms with Crippen LogP contribution in [0.4, 0.5) is 0 Å². The Balaban J connectivity index is 0.000000490. The second-order valence-electron chi connectivity index (χ2n) is 5.63. The molecule has 0 radical (unpaired) electrons. The summed E-state index contributed by atoms with van der Waals surface area (Å²) in [5, 5.41) is 24.7. The zero-order chi connectivity index (χ0) is 18.5. The van der Waals surface area contributed by atoms with E-state index in [9.17, 15) is 19.8 Å².